The van der Waals surface area contributed by atoms with E-state index < -0.39 is 34.2 Å². The molecule has 1 aromatic heterocycles. The Hall–Kier alpha value is -2.30. The first-order chi connectivity index (χ1) is 22.7. The minimum absolute atomic E-state index is 0.134. The van der Waals surface area contributed by atoms with E-state index in [1.807, 2.05) is 6.92 Å². The third-order valence-corrected chi connectivity index (χ3v) is 16.1. The predicted octanol–water partition coefficient (Wildman–Crippen LogP) is 6.27. The summed E-state index contributed by atoms with van der Waals surface area (Å²) in [5.74, 6) is -0.200. The van der Waals surface area contributed by atoms with Gasteiger partial charge < -0.3 is 26.0 Å². The Bertz CT molecular complexity index is 1500. The molecule has 1 amide bonds. The van der Waals surface area contributed by atoms with E-state index in [4.69, 9.17) is 20.9 Å². The average Bonchev–Trinajstić information content (AvgIpc) is 3.50. The third kappa shape index (κ3) is 5.03. The Morgan fingerprint density at radius 3 is 2.41 bits per heavy atom. The molecule has 0 unspecified atom stereocenters. The number of allylic oxidation sites excluding steroid dienone is 1. The number of carbonyl (C=O) groups excluding carboxylic acids is 1. The molecule has 12 atom stereocenters. The summed E-state index contributed by atoms with van der Waals surface area (Å²) in [4.78, 5) is 30.4. The zero-order chi connectivity index (χ0) is 36.1. The molecule has 3 saturated carbocycles. The van der Waals surface area contributed by atoms with Gasteiger partial charge in [0.2, 0.25) is 5.82 Å². The monoisotopic (exact) mass is 681 g/mol. The molecule has 0 spiro atoms. The van der Waals surface area contributed by atoms with Gasteiger partial charge in [-0.05, 0) is 91.3 Å². The maximum absolute atomic E-state index is 13.5. The third-order valence-electron chi connectivity index (χ3n) is 16.1. The summed E-state index contributed by atoms with van der Waals surface area (Å²) in [6.07, 6.45) is 8.82. The van der Waals surface area contributed by atoms with Crippen molar-refractivity contribution in [3.63, 3.8) is 0 Å². The number of hydrogen-bond donors (Lipinski definition) is 3. The van der Waals surface area contributed by atoms with E-state index in [0.29, 0.717) is 32.2 Å². The number of primary amides is 1. The number of amides is 1. The van der Waals surface area contributed by atoms with Gasteiger partial charge in [0, 0.05) is 16.4 Å². The maximum atomic E-state index is 13.5. The number of aromatic nitrogens is 3. The molecule has 4 fully saturated rings. The molecule has 0 radical (unpaired) electrons. The van der Waals surface area contributed by atoms with Gasteiger partial charge in [0.1, 0.15) is 6.33 Å². The molecule has 2 heterocycles. The van der Waals surface area contributed by atoms with Gasteiger partial charge >= 0.3 is 5.97 Å². The topological polar surface area (TPSA) is 156 Å². The Balaban J connectivity index is 1.47. The van der Waals surface area contributed by atoms with Gasteiger partial charge in [-0.15, -0.1) is 0 Å². The van der Waals surface area contributed by atoms with Gasteiger partial charge in [-0.3, -0.25) is 9.59 Å². The first-order valence-corrected chi connectivity index (χ1v) is 18.8. The first kappa shape index (κ1) is 36.5. The SMILES string of the molecule is CC(C)[C@@H](C)[C@@]1(C)CC[C@]2(C)[C@H]3CC[C@@H]4[C@@]5(COC[C@]4(C)[C@@H](OC[C@](C)(N)C(C)C)[C@H](n4ncnc4C(N)=O)C5)C3=CC[C@@]2(C)[C@@H]1C(=O)O. The highest BCUT2D eigenvalue weighted by atomic mass is 16.5. The van der Waals surface area contributed by atoms with E-state index in [9.17, 15) is 14.7 Å². The lowest BCUT2D eigenvalue weighted by Gasteiger charge is -2.71. The van der Waals surface area contributed by atoms with E-state index in [2.05, 4.69) is 78.5 Å². The summed E-state index contributed by atoms with van der Waals surface area (Å²) in [5.41, 5.74) is 11.9. The van der Waals surface area contributed by atoms with Crippen molar-refractivity contribution in [1.82, 2.24) is 14.8 Å². The highest BCUT2D eigenvalue weighted by Crippen LogP contribution is 2.75. The van der Waals surface area contributed by atoms with Crippen molar-refractivity contribution in [2.24, 2.45) is 74.0 Å². The van der Waals surface area contributed by atoms with Crippen molar-refractivity contribution in [3.05, 3.63) is 23.8 Å². The smallest absolute Gasteiger partial charge is 0.307 e. The second-order valence-corrected chi connectivity index (χ2v) is 18.9. The number of ether oxygens (including phenoxy) is 2. The fourth-order valence-electron chi connectivity index (χ4n) is 12.2. The van der Waals surface area contributed by atoms with Crippen molar-refractivity contribution < 1.29 is 24.2 Å². The van der Waals surface area contributed by atoms with Gasteiger partial charge in [-0.2, -0.15) is 5.10 Å². The number of fused-ring (bicyclic) bond motifs is 3. The van der Waals surface area contributed by atoms with Crippen molar-refractivity contribution in [2.75, 3.05) is 19.8 Å². The van der Waals surface area contributed by atoms with E-state index in [1.165, 1.54) is 11.9 Å². The molecule has 274 valence electrons. The Labute approximate surface area is 293 Å². The quantitative estimate of drug-likeness (QED) is 0.258. The second-order valence-electron chi connectivity index (χ2n) is 18.9. The fourth-order valence-corrected chi connectivity index (χ4v) is 12.2. The minimum atomic E-state index is -0.656. The predicted molar refractivity (Wildman–Crippen MR) is 188 cm³/mol. The van der Waals surface area contributed by atoms with Gasteiger partial charge in [0.05, 0.1) is 37.9 Å². The molecule has 5 aliphatic rings. The van der Waals surface area contributed by atoms with Crippen LogP contribution in [0.25, 0.3) is 0 Å². The Morgan fingerprint density at radius 1 is 1.10 bits per heavy atom. The zero-order valence-electron chi connectivity index (χ0n) is 31.7. The number of rotatable bonds is 9. The lowest BCUT2D eigenvalue weighted by Crippen LogP contribution is -2.69. The number of carboxylic acid groups (broad SMARTS) is 1. The average molecular weight is 682 g/mol. The summed E-state index contributed by atoms with van der Waals surface area (Å²) in [6.45, 7) is 23.7. The van der Waals surface area contributed by atoms with Crippen LogP contribution in [0.5, 0.6) is 0 Å². The summed E-state index contributed by atoms with van der Waals surface area (Å²) in [7, 11) is 0. The van der Waals surface area contributed by atoms with Gasteiger partial charge in [0.15, 0.2) is 0 Å². The Kier molecular flexibility index (Phi) is 8.84. The van der Waals surface area contributed by atoms with Crippen LogP contribution in [0.3, 0.4) is 0 Å². The van der Waals surface area contributed by atoms with Gasteiger partial charge in [-0.1, -0.05) is 74.0 Å². The van der Waals surface area contributed by atoms with Crippen LogP contribution in [0, 0.1) is 62.6 Å². The maximum Gasteiger partial charge on any atom is 0.307 e. The van der Waals surface area contributed by atoms with E-state index in [1.54, 1.807) is 4.68 Å². The molecule has 49 heavy (non-hydrogen) atoms. The molecule has 6 rings (SSSR count). The number of aliphatic carboxylic acids is 1. The van der Waals surface area contributed by atoms with Crippen molar-refractivity contribution in [1.29, 1.82) is 0 Å². The molecular weight excluding hydrogens is 618 g/mol. The minimum Gasteiger partial charge on any atom is -0.481 e. The van der Waals surface area contributed by atoms with Crippen LogP contribution >= 0.6 is 0 Å². The largest absolute Gasteiger partial charge is 0.481 e. The highest BCUT2D eigenvalue weighted by molar-refractivity contribution is 5.89. The van der Waals surface area contributed by atoms with Crippen molar-refractivity contribution in [2.45, 2.75) is 125 Å². The Morgan fingerprint density at radius 2 is 1.80 bits per heavy atom. The van der Waals surface area contributed by atoms with Crippen LogP contribution < -0.4 is 11.5 Å². The molecule has 10 heteroatoms. The summed E-state index contributed by atoms with van der Waals surface area (Å²) >= 11 is 0. The molecule has 4 aliphatic carbocycles. The number of nitrogens with zero attached hydrogens (tertiary/aromatic N) is 3. The second kappa shape index (κ2) is 11.9. The van der Waals surface area contributed by atoms with Crippen LogP contribution in [0.1, 0.15) is 124 Å². The number of carbonyl (C=O) groups is 2. The summed E-state index contributed by atoms with van der Waals surface area (Å²) < 4.78 is 15.3. The van der Waals surface area contributed by atoms with Crippen LogP contribution in [0.15, 0.2) is 18.0 Å². The standard InChI is InChI=1S/C39H63N5O5/c1-22(2)24(5)34(6)15-16-36(8)25-11-12-28-35(7)18-48-20-39(28,26(25)13-14-37(36,9)29(34)33(46)47)17-27(44-32(31(40)45)42-21-43-44)30(35)49-19-38(10,41)23(3)4/h13,21-25,27-30H,11-12,14-20,41H2,1-10H3,(H2,40,45)(H,46,47)/t24-,25+,27-,28+,29-,30+,34-,35+,36-,37+,38+,39+/m1/s1. The van der Waals surface area contributed by atoms with Gasteiger partial charge in [-0.25, -0.2) is 9.67 Å². The molecule has 10 nitrogen and oxygen atoms in total. The van der Waals surface area contributed by atoms with Crippen LogP contribution in [-0.2, 0) is 14.3 Å². The molecule has 5 N–H and O–H groups in total. The van der Waals surface area contributed by atoms with Crippen LogP contribution in [-0.4, -0.2) is 63.2 Å². The number of carboxylic acids is 1. The summed E-state index contributed by atoms with van der Waals surface area (Å²) in [5, 5.41) is 15.7. The van der Waals surface area contributed by atoms with E-state index >= 15 is 0 Å². The van der Waals surface area contributed by atoms with Crippen molar-refractivity contribution in [3.8, 4) is 0 Å². The van der Waals surface area contributed by atoms with Gasteiger partial charge in [0.25, 0.3) is 5.91 Å². The number of hydrogen-bond acceptors (Lipinski definition) is 7. The lowest BCUT2D eigenvalue weighted by atomic mass is 9.34. The number of nitrogens with two attached hydrogens (primary N) is 2. The molecule has 1 saturated heterocycles. The van der Waals surface area contributed by atoms with E-state index in [0.717, 1.165) is 32.1 Å². The fraction of sp³-hybridized carbons (Fsp3) is 0.846. The van der Waals surface area contributed by atoms with Crippen molar-refractivity contribution >= 4 is 11.9 Å². The summed E-state index contributed by atoms with van der Waals surface area (Å²) in [6, 6.07) is -0.313. The lowest BCUT2D eigenvalue weighted by molar-refractivity contribution is -0.252. The van der Waals surface area contributed by atoms with Crippen LogP contribution in [0.2, 0.25) is 0 Å². The zero-order valence-corrected chi connectivity index (χ0v) is 31.7. The first-order valence-electron chi connectivity index (χ1n) is 18.8. The molecule has 0 aromatic carbocycles. The highest BCUT2D eigenvalue weighted by Gasteiger charge is 2.72. The normalized spacial score (nSPS) is 43.5. The molecule has 1 aromatic rings. The molecule has 1 aliphatic heterocycles. The molecular formula is C39H63N5O5. The molecule has 2 bridgehead atoms. The van der Waals surface area contributed by atoms with E-state index in [-0.39, 0.29) is 57.9 Å². The van der Waals surface area contributed by atoms with Crippen LogP contribution in [0.4, 0.5) is 0 Å².